The molecule has 0 fully saturated rings. The average molecular weight is 524 g/mol. The molecule has 0 saturated heterocycles. The van der Waals surface area contributed by atoms with E-state index >= 15 is 0 Å². The van der Waals surface area contributed by atoms with Crippen molar-refractivity contribution < 1.29 is 23.1 Å². The van der Waals surface area contributed by atoms with Gasteiger partial charge in [0.15, 0.2) is 5.82 Å². The van der Waals surface area contributed by atoms with Crippen LogP contribution in [0.4, 0.5) is 20.3 Å². The number of hydrogen-bond acceptors (Lipinski definition) is 5. The zero-order chi connectivity index (χ0) is 27.0. The summed E-state index contributed by atoms with van der Waals surface area (Å²) in [5.74, 6) is -1.34. The normalized spacial score (nSPS) is 17.4. The summed E-state index contributed by atoms with van der Waals surface area (Å²) in [6.45, 7) is 6.37. The zero-order valence-corrected chi connectivity index (χ0v) is 21.6. The van der Waals surface area contributed by atoms with Gasteiger partial charge >= 0.3 is 0 Å². The Bertz CT molecular complexity index is 1390. The monoisotopic (exact) mass is 523 g/mol. The van der Waals surface area contributed by atoms with Crippen LogP contribution in [-0.2, 0) is 45.9 Å². The first-order valence-corrected chi connectivity index (χ1v) is 12.7. The molecular formula is C28H31F2N5O3. The average Bonchev–Trinajstić information content (AvgIpc) is 3.54. The number of carbonyl (C=O) groups is 2. The first-order chi connectivity index (χ1) is 18.1. The predicted octanol–water partition coefficient (Wildman–Crippen LogP) is 4.04. The number of nitrogens with zero attached hydrogens (tertiary/aromatic N) is 2. The lowest BCUT2D eigenvalue weighted by Gasteiger charge is -2.28. The van der Waals surface area contributed by atoms with E-state index in [-0.39, 0.29) is 17.9 Å². The highest BCUT2D eigenvalue weighted by Crippen LogP contribution is 2.27. The third kappa shape index (κ3) is 5.32. The largest absolute Gasteiger partial charge is 0.372 e. The minimum atomic E-state index is -0.978. The number of rotatable bonds is 7. The van der Waals surface area contributed by atoms with Gasteiger partial charge in [-0.1, -0.05) is 6.07 Å². The van der Waals surface area contributed by atoms with Crippen molar-refractivity contribution in [3.63, 3.8) is 0 Å². The fourth-order valence-corrected chi connectivity index (χ4v) is 4.94. The summed E-state index contributed by atoms with van der Waals surface area (Å²) in [4.78, 5) is 30.2. The van der Waals surface area contributed by atoms with Gasteiger partial charge in [0.1, 0.15) is 17.2 Å². The maximum atomic E-state index is 14.2. The smallest absolute Gasteiger partial charge is 0.250 e. The Kier molecular flexibility index (Phi) is 7.02. The van der Waals surface area contributed by atoms with Gasteiger partial charge < -0.3 is 25.3 Å². The number of aromatic nitrogens is 2. The van der Waals surface area contributed by atoms with Crippen LogP contribution in [-0.4, -0.2) is 33.4 Å². The van der Waals surface area contributed by atoms with Gasteiger partial charge in [-0.2, -0.15) is 0 Å². The second-order valence-corrected chi connectivity index (χ2v) is 10.5. The highest BCUT2D eigenvalue weighted by atomic mass is 19.1. The van der Waals surface area contributed by atoms with Gasteiger partial charge in [0.05, 0.1) is 25.6 Å². The Morgan fingerprint density at radius 1 is 1.11 bits per heavy atom. The molecule has 8 nitrogen and oxygen atoms in total. The Balaban J connectivity index is 1.18. The van der Waals surface area contributed by atoms with Gasteiger partial charge in [-0.25, -0.2) is 13.8 Å². The summed E-state index contributed by atoms with van der Waals surface area (Å²) in [6, 6.07) is 7.31. The fourth-order valence-electron chi connectivity index (χ4n) is 4.94. The molecule has 10 heteroatoms. The number of nitrogens with one attached hydrogen (secondary N) is 3. The van der Waals surface area contributed by atoms with Crippen LogP contribution in [0.15, 0.2) is 42.9 Å². The summed E-state index contributed by atoms with van der Waals surface area (Å²) in [5, 5.41) is 8.97. The van der Waals surface area contributed by atoms with Gasteiger partial charge in [0, 0.05) is 24.0 Å². The Labute approximate surface area is 219 Å². The Morgan fingerprint density at radius 3 is 2.71 bits per heavy atom. The van der Waals surface area contributed by atoms with Crippen LogP contribution in [0.5, 0.6) is 0 Å². The third-order valence-electron chi connectivity index (χ3n) is 7.36. The summed E-state index contributed by atoms with van der Waals surface area (Å²) in [5.41, 5.74) is 3.07. The molecule has 2 amide bonds. The van der Waals surface area contributed by atoms with Crippen LogP contribution < -0.4 is 16.0 Å². The lowest BCUT2D eigenvalue weighted by Crippen LogP contribution is -2.46. The number of hydrogen-bond donors (Lipinski definition) is 3. The molecule has 3 N–H and O–H groups in total. The number of anilines is 2. The summed E-state index contributed by atoms with van der Waals surface area (Å²) < 4.78 is 34.8. The second-order valence-electron chi connectivity index (χ2n) is 10.5. The highest BCUT2D eigenvalue weighted by molar-refractivity contribution is 5.96. The molecule has 200 valence electrons. The Morgan fingerprint density at radius 2 is 1.89 bits per heavy atom. The Hall–Kier alpha value is -3.63. The first-order valence-electron chi connectivity index (χ1n) is 12.7. The molecule has 5 rings (SSSR count). The van der Waals surface area contributed by atoms with Gasteiger partial charge in [-0.05, 0) is 80.5 Å². The molecule has 1 aliphatic heterocycles. The topological polar surface area (TPSA) is 97.3 Å². The van der Waals surface area contributed by atoms with E-state index in [0.29, 0.717) is 55.1 Å². The molecule has 2 heterocycles. The molecular weight excluding hydrogens is 492 g/mol. The van der Waals surface area contributed by atoms with E-state index < -0.39 is 23.2 Å². The number of ether oxygens (including phenoxy) is 1. The predicted molar refractivity (Wildman–Crippen MR) is 139 cm³/mol. The molecule has 0 spiro atoms. The van der Waals surface area contributed by atoms with E-state index in [4.69, 9.17) is 4.74 Å². The van der Waals surface area contributed by atoms with Gasteiger partial charge in [0.2, 0.25) is 11.8 Å². The van der Waals surface area contributed by atoms with E-state index in [2.05, 4.69) is 20.9 Å². The van der Waals surface area contributed by atoms with E-state index in [1.165, 1.54) is 12.4 Å². The molecule has 2 aromatic carbocycles. The number of benzene rings is 2. The second kappa shape index (κ2) is 10.3. The van der Waals surface area contributed by atoms with Crippen molar-refractivity contribution in [3.05, 3.63) is 76.7 Å². The molecule has 0 saturated carbocycles. The van der Waals surface area contributed by atoms with Crippen LogP contribution >= 0.6 is 0 Å². The molecule has 2 aliphatic rings. The van der Waals surface area contributed by atoms with Crippen LogP contribution in [0.25, 0.3) is 0 Å². The SMILES string of the molecule is C[C@H](NC1CCc2cc(F)cc(F)c2C1)C(=O)Nc1cn(C(C)(C)C(=O)Nc2ccc3c(c2)COC3)cn1. The highest BCUT2D eigenvalue weighted by Gasteiger charge is 2.31. The zero-order valence-electron chi connectivity index (χ0n) is 21.6. The van der Waals surface area contributed by atoms with Crippen LogP contribution in [0.3, 0.4) is 0 Å². The lowest BCUT2D eigenvalue weighted by molar-refractivity contribution is -0.123. The standard InChI is InChI=1S/C28H31F2N5O3/c1-16(32-22-6-4-17-8-20(29)10-24(30)23(17)11-22)26(36)34-25-12-35(15-31-25)28(2,3)27(37)33-21-7-5-18-13-38-14-19(18)9-21/h5,7-10,12,15-16,22,32H,4,6,11,13-14H2,1-3H3,(H,33,37)(H,34,36)/t16-,22?/m0/s1. The van der Waals surface area contributed by atoms with Crippen molar-refractivity contribution in [1.29, 1.82) is 0 Å². The van der Waals surface area contributed by atoms with Gasteiger partial charge in [0.25, 0.3) is 0 Å². The van der Waals surface area contributed by atoms with Gasteiger partial charge in [-0.3, -0.25) is 9.59 Å². The third-order valence-corrected chi connectivity index (χ3v) is 7.36. The maximum absolute atomic E-state index is 14.2. The van der Waals surface area contributed by atoms with E-state index in [9.17, 15) is 18.4 Å². The summed E-state index contributed by atoms with van der Waals surface area (Å²) in [6.07, 6.45) is 4.71. The molecule has 1 unspecified atom stereocenters. The number of fused-ring (bicyclic) bond motifs is 2. The fraction of sp³-hybridized carbons (Fsp3) is 0.393. The van der Waals surface area contributed by atoms with Crippen molar-refractivity contribution >= 4 is 23.3 Å². The summed E-state index contributed by atoms with van der Waals surface area (Å²) in [7, 11) is 0. The van der Waals surface area contributed by atoms with Crippen molar-refractivity contribution in [3.8, 4) is 0 Å². The van der Waals surface area contributed by atoms with Crippen molar-refractivity contribution in [2.24, 2.45) is 0 Å². The molecule has 2 atom stereocenters. The van der Waals surface area contributed by atoms with Crippen molar-refractivity contribution in [2.45, 2.75) is 70.9 Å². The molecule has 1 aliphatic carbocycles. The number of imidazole rings is 1. The molecule has 0 bridgehead atoms. The van der Waals surface area contributed by atoms with E-state index in [0.717, 1.165) is 17.2 Å². The number of carbonyl (C=O) groups excluding carboxylic acids is 2. The van der Waals surface area contributed by atoms with E-state index in [1.54, 1.807) is 31.5 Å². The minimum absolute atomic E-state index is 0.117. The number of aryl methyl sites for hydroxylation is 1. The summed E-state index contributed by atoms with van der Waals surface area (Å²) >= 11 is 0. The quantitative estimate of drug-likeness (QED) is 0.434. The first kappa shape index (κ1) is 26.0. The number of amides is 2. The van der Waals surface area contributed by atoms with Crippen molar-refractivity contribution in [2.75, 3.05) is 10.6 Å². The van der Waals surface area contributed by atoms with Crippen LogP contribution in [0, 0.1) is 11.6 Å². The van der Waals surface area contributed by atoms with Crippen LogP contribution in [0.1, 0.15) is 49.4 Å². The maximum Gasteiger partial charge on any atom is 0.250 e. The minimum Gasteiger partial charge on any atom is -0.372 e. The van der Waals surface area contributed by atoms with Crippen LogP contribution in [0.2, 0.25) is 0 Å². The van der Waals surface area contributed by atoms with Crippen molar-refractivity contribution in [1.82, 2.24) is 14.9 Å². The van der Waals surface area contributed by atoms with Gasteiger partial charge in [-0.15, -0.1) is 0 Å². The lowest BCUT2D eigenvalue weighted by atomic mass is 9.87. The molecule has 0 radical (unpaired) electrons. The molecule has 1 aromatic heterocycles. The molecule has 3 aromatic rings. The number of halogens is 2. The molecule has 38 heavy (non-hydrogen) atoms. The van der Waals surface area contributed by atoms with E-state index in [1.807, 2.05) is 18.2 Å².